The van der Waals surface area contributed by atoms with Crippen molar-refractivity contribution in [3.05, 3.63) is 0 Å². The second-order valence-corrected chi connectivity index (χ2v) is 4.29. The van der Waals surface area contributed by atoms with Gasteiger partial charge in [-0.3, -0.25) is 9.69 Å². The lowest BCUT2D eigenvalue weighted by molar-refractivity contribution is -0.128. The first kappa shape index (κ1) is 10.7. The van der Waals surface area contributed by atoms with E-state index in [0.717, 1.165) is 19.4 Å². The summed E-state index contributed by atoms with van der Waals surface area (Å²) in [7, 11) is 0. The van der Waals surface area contributed by atoms with Gasteiger partial charge in [0.25, 0.3) is 0 Å². The first-order valence-corrected chi connectivity index (χ1v) is 4.88. The fraction of sp³-hybridized carbons (Fsp3) is 0.900. The average Bonchev–Trinajstić information content (AvgIpc) is 2.51. The van der Waals surface area contributed by atoms with Gasteiger partial charge in [0, 0.05) is 6.04 Å². The molecule has 0 aromatic rings. The van der Waals surface area contributed by atoms with Gasteiger partial charge in [-0.15, -0.1) is 0 Å². The standard InChI is InChI=1S/C10H19NO2/c1-8(13)10(2,3)11-6-4-5-9(11)7-12/h9,12H,4-7H2,1-3H3. The molecule has 0 radical (unpaired) electrons. The van der Waals surface area contributed by atoms with E-state index in [1.807, 2.05) is 13.8 Å². The van der Waals surface area contributed by atoms with Crippen molar-refractivity contribution in [2.45, 2.75) is 45.2 Å². The highest BCUT2D eigenvalue weighted by molar-refractivity contribution is 5.85. The Hall–Kier alpha value is -0.410. The Balaban J connectivity index is 2.74. The predicted octanol–water partition coefficient (Wildman–Crippen LogP) is 0.811. The van der Waals surface area contributed by atoms with Crippen molar-refractivity contribution < 1.29 is 9.90 Å². The zero-order chi connectivity index (χ0) is 10.1. The van der Waals surface area contributed by atoms with Gasteiger partial charge >= 0.3 is 0 Å². The molecule has 3 heteroatoms. The van der Waals surface area contributed by atoms with E-state index in [2.05, 4.69) is 4.90 Å². The molecule has 1 unspecified atom stereocenters. The lowest BCUT2D eigenvalue weighted by atomic mass is 9.97. The van der Waals surface area contributed by atoms with Gasteiger partial charge < -0.3 is 5.11 Å². The van der Waals surface area contributed by atoms with Crippen molar-refractivity contribution in [3.63, 3.8) is 0 Å². The van der Waals surface area contributed by atoms with Gasteiger partial charge in [0.2, 0.25) is 0 Å². The Bertz CT molecular complexity index is 201. The second kappa shape index (κ2) is 3.76. The molecule has 0 amide bonds. The van der Waals surface area contributed by atoms with E-state index in [9.17, 15) is 4.79 Å². The van der Waals surface area contributed by atoms with Gasteiger partial charge in [0.1, 0.15) is 5.78 Å². The van der Waals surface area contributed by atoms with Crippen LogP contribution in [0.3, 0.4) is 0 Å². The molecular formula is C10H19NO2. The molecule has 0 saturated carbocycles. The molecule has 0 spiro atoms. The molecule has 1 aliphatic heterocycles. The van der Waals surface area contributed by atoms with Gasteiger partial charge in [-0.1, -0.05) is 0 Å². The number of hydrogen-bond acceptors (Lipinski definition) is 3. The van der Waals surface area contributed by atoms with Crippen LogP contribution in [0.4, 0.5) is 0 Å². The highest BCUT2D eigenvalue weighted by Crippen LogP contribution is 2.26. The number of aliphatic hydroxyl groups is 1. The molecular weight excluding hydrogens is 166 g/mol. The highest BCUT2D eigenvalue weighted by atomic mass is 16.3. The van der Waals surface area contributed by atoms with Crippen LogP contribution < -0.4 is 0 Å². The van der Waals surface area contributed by atoms with E-state index in [4.69, 9.17) is 5.11 Å². The minimum absolute atomic E-state index is 0.163. The first-order chi connectivity index (χ1) is 6.00. The fourth-order valence-electron chi connectivity index (χ4n) is 1.96. The maximum Gasteiger partial charge on any atom is 0.149 e. The Morgan fingerprint density at radius 3 is 2.69 bits per heavy atom. The van der Waals surface area contributed by atoms with Crippen LogP contribution >= 0.6 is 0 Å². The number of ketones is 1. The molecule has 1 aliphatic rings. The Kier molecular flexibility index (Phi) is 3.09. The zero-order valence-corrected chi connectivity index (χ0v) is 8.71. The Morgan fingerprint density at radius 2 is 2.23 bits per heavy atom. The number of rotatable bonds is 3. The average molecular weight is 185 g/mol. The molecule has 3 nitrogen and oxygen atoms in total. The third-order valence-corrected chi connectivity index (χ3v) is 3.17. The summed E-state index contributed by atoms with van der Waals surface area (Å²) in [6, 6.07) is 0.180. The van der Waals surface area contributed by atoms with Gasteiger partial charge in [-0.05, 0) is 40.2 Å². The monoisotopic (exact) mass is 185 g/mol. The molecule has 1 fully saturated rings. The summed E-state index contributed by atoms with van der Waals surface area (Å²) in [6.07, 6.45) is 2.09. The molecule has 0 aliphatic carbocycles. The van der Waals surface area contributed by atoms with E-state index >= 15 is 0 Å². The number of likely N-dealkylation sites (tertiary alicyclic amines) is 1. The number of aliphatic hydroxyl groups excluding tert-OH is 1. The summed E-state index contributed by atoms with van der Waals surface area (Å²) in [5.74, 6) is 0.174. The Morgan fingerprint density at radius 1 is 1.62 bits per heavy atom. The zero-order valence-electron chi connectivity index (χ0n) is 8.71. The van der Waals surface area contributed by atoms with Gasteiger partial charge in [-0.25, -0.2) is 0 Å². The molecule has 1 rings (SSSR count). The van der Waals surface area contributed by atoms with Crippen LogP contribution in [-0.4, -0.2) is 40.5 Å². The van der Waals surface area contributed by atoms with Crippen molar-refractivity contribution in [3.8, 4) is 0 Å². The lowest BCUT2D eigenvalue weighted by Crippen LogP contribution is -2.52. The molecule has 0 aromatic carbocycles. The number of carbonyl (C=O) groups excluding carboxylic acids is 1. The molecule has 13 heavy (non-hydrogen) atoms. The van der Waals surface area contributed by atoms with E-state index in [1.165, 1.54) is 0 Å². The molecule has 1 atom stereocenters. The molecule has 1 saturated heterocycles. The molecule has 1 N–H and O–H groups in total. The topological polar surface area (TPSA) is 40.5 Å². The van der Waals surface area contributed by atoms with Crippen LogP contribution in [0.2, 0.25) is 0 Å². The molecule has 0 bridgehead atoms. The number of nitrogens with zero attached hydrogens (tertiary/aromatic N) is 1. The third kappa shape index (κ3) is 1.92. The van der Waals surface area contributed by atoms with E-state index < -0.39 is 5.54 Å². The summed E-state index contributed by atoms with van der Waals surface area (Å²) in [6.45, 7) is 6.58. The van der Waals surface area contributed by atoms with Crippen LogP contribution in [-0.2, 0) is 4.79 Å². The second-order valence-electron chi connectivity index (χ2n) is 4.29. The van der Waals surface area contributed by atoms with Crippen molar-refractivity contribution >= 4 is 5.78 Å². The van der Waals surface area contributed by atoms with Crippen molar-refractivity contribution in [2.24, 2.45) is 0 Å². The molecule has 0 aromatic heterocycles. The van der Waals surface area contributed by atoms with Crippen molar-refractivity contribution in [1.82, 2.24) is 4.90 Å². The van der Waals surface area contributed by atoms with E-state index in [-0.39, 0.29) is 18.4 Å². The van der Waals surface area contributed by atoms with Gasteiger partial charge in [0.05, 0.1) is 12.1 Å². The molecule has 1 heterocycles. The lowest BCUT2D eigenvalue weighted by Gasteiger charge is -2.37. The Labute approximate surface area is 79.7 Å². The fourth-order valence-corrected chi connectivity index (χ4v) is 1.96. The van der Waals surface area contributed by atoms with E-state index in [1.54, 1.807) is 6.92 Å². The van der Waals surface area contributed by atoms with E-state index in [0.29, 0.717) is 0 Å². The molecule has 76 valence electrons. The summed E-state index contributed by atoms with van der Waals surface area (Å²) in [4.78, 5) is 13.5. The summed E-state index contributed by atoms with van der Waals surface area (Å²) < 4.78 is 0. The van der Waals surface area contributed by atoms with Crippen LogP contribution in [0.25, 0.3) is 0 Å². The summed E-state index contributed by atoms with van der Waals surface area (Å²) >= 11 is 0. The largest absolute Gasteiger partial charge is 0.395 e. The highest BCUT2D eigenvalue weighted by Gasteiger charge is 2.38. The van der Waals surface area contributed by atoms with Crippen molar-refractivity contribution in [1.29, 1.82) is 0 Å². The van der Waals surface area contributed by atoms with Crippen LogP contribution in [0.5, 0.6) is 0 Å². The van der Waals surface area contributed by atoms with Gasteiger partial charge in [-0.2, -0.15) is 0 Å². The maximum absolute atomic E-state index is 11.4. The van der Waals surface area contributed by atoms with Crippen molar-refractivity contribution in [2.75, 3.05) is 13.2 Å². The smallest absolute Gasteiger partial charge is 0.149 e. The minimum Gasteiger partial charge on any atom is -0.395 e. The third-order valence-electron chi connectivity index (χ3n) is 3.17. The van der Waals surface area contributed by atoms with Gasteiger partial charge in [0.15, 0.2) is 0 Å². The summed E-state index contributed by atoms with van der Waals surface area (Å²) in [5.41, 5.74) is -0.413. The van der Waals surface area contributed by atoms with Crippen LogP contribution in [0, 0.1) is 0 Å². The normalized spacial score (nSPS) is 25.1. The predicted molar refractivity (Wildman–Crippen MR) is 51.6 cm³/mol. The SMILES string of the molecule is CC(=O)C(C)(C)N1CCCC1CO. The maximum atomic E-state index is 11.4. The number of carbonyl (C=O) groups is 1. The quantitative estimate of drug-likeness (QED) is 0.707. The number of hydrogen-bond donors (Lipinski definition) is 1. The minimum atomic E-state index is -0.413. The number of Topliss-reactive ketones (excluding diaryl/α,β-unsaturated/α-hetero) is 1. The van der Waals surface area contributed by atoms with Crippen LogP contribution in [0.15, 0.2) is 0 Å². The summed E-state index contributed by atoms with van der Waals surface area (Å²) in [5, 5.41) is 9.13. The van der Waals surface area contributed by atoms with Crippen LogP contribution in [0.1, 0.15) is 33.6 Å². The first-order valence-electron chi connectivity index (χ1n) is 4.88.